The SMILES string of the molecule is Cc1nc(C2CCCN2)sc1C.Cl. The summed E-state index contributed by atoms with van der Waals surface area (Å²) in [6.45, 7) is 5.39. The lowest BCUT2D eigenvalue weighted by atomic mass is 10.2. The van der Waals surface area contributed by atoms with E-state index in [9.17, 15) is 0 Å². The van der Waals surface area contributed by atoms with Crippen LogP contribution in [0.25, 0.3) is 0 Å². The number of thiazole rings is 1. The van der Waals surface area contributed by atoms with Crippen molar-refractivity contribution >= 4 is 23.7 Å². The monoisotopic (exact) mass is 218 g/mol. The van der Waals surface area contributed by atoms with Gasteiger partial charge in [-0.3, -0.25) is 0 Å². The molecule has 2 heterocycles. The fraction of sp³-hybridized carbons (Fsp3) is 0.667. The molecule has 0 spiro atoms. The number of nitrogens with zero attached hydrogens (tertiary/aromatic N) is 1. The zero-order valence-corrected chi connectivity index (χ0v) is 9.60. The molecule has 0 radical (unpaired) electrons. The predicted octanol–water partition coefficient (Wildman–Crippen LogP) is 2.61. The summed E-state index contributed by atoms with van der Waals surface area (Å²) in [5.41, 5.74) is 1.20. The number of nitrogens with one attached hydrogen (secondary N) is 1. The van der Waals surface area contributed by atoms with E-state index in [1.54, 1.807) is 0 Å². The number of rotatable bonds is 1. The lowest BCUT2D eigenvalue weighted by Crippen LogP contribution is -2.12. The van der Waals surface area contributed by atoms with Crippen LogP contribution in [0.4, 0.5) is 0 Å². The van der Waals surface area contributed by atoms with Gasteiger partial charge in [0.25, 0.3) is 0 Å². The Kier molecular flexibility index (Phi) is 3.71. The third-order valence-corrected chi connectivity index (χ3v) is 3.59. The molecule has 2 nitrogen and oxygen atoms in total. The summed E-state index contributed by atoms with van der Waals surface area (Å²) in [6, 6.07) is 0.544. The number of hydrogen-bond acceptors (Lipinski definition) is 3. The minimum absolute atomic E-state index is 0. The Morgan fingerprint density at radius 1 is 1.46 bits per heavy atom. The van der Waals surface area contributed by atoms with Crippen LogP contribution < -0.4 is 5.32 Å². The highest BCUT2D eigenvalue weighted by Gasteiger charge is 2.19. The Morgan fingerprint density at radius 3 is 2.69 bits per heavy atom. The van der Waals surface area contributed by atoms with E-state index in [1.165, 1.54) is 28.4 Å². The second-order valence-corrected chi connectivity index (χ2v) is 4.58. The third kappa shape index (κ3) is 2.22. The molecule has 1 fully saturated rings. The minimum atomic E-state index is 0. The van der Waals surface area contributed by atoms with Gasteiger partial charge in [-0.2, -0.15) is 0 Å². The fourth-order valence-corrected chi connectivity index (χ4v) is 2.57. The van der Waals surface area contributed by atoms with Crippen molar-refractivity contribution < 1.29 is 0 Å². The van der Waals surface area contributed by atoms with Gasteiger partial charge in [0, 0.05) is 4.88 Å². The summed E-state index contributed by atoms with van der Waals surface area (Å²) in [4.78, 5) is 5.91. The van der Waals surface area contributed by atoms with Gasteiger partial charge in [0.15, 0.2) is 0 Å². The predicted molar refractivity (Wildman–Crippen MR) is 58.8 cm³/mol. The van der Waals surface area contributed by atoms with Gasteiger partial charge in [-0.1, -0.05) is 0 Å². The molecule has 2 rings (SSSR count). The third-order valence-electron chi connectivity index (χ3n) is 2.40. The Labute approximate surface area is 89.2 Å². The largest absolute Gasteiger partial charge is 0.308 e. The van der Waals surface area contributed by atoms with Crippen molar-refractivity contribution in [2.75, 3.05) is 6.54 Å². The molecular weight excluding hydrogens is 204 g/mol. The maximum atomic E-state index is 4.55. The summed E-state index contributed by atoms with van der Waals surface area (Å²) < 4.78 is 0. The highest BCUT2D eigenvalue weighted by Crippen LogP contribution is 2.28. The zero-order valence-electron chi connectivity index (χ0n) is 7.96. The Hall–Kier alpha value is -0.120. The second kappa shape index (κ2) is 4.40. The van der Waals surface area contributed by atoms with E-state index in [-0.39, 0.29) is 12.4 Å². The van der Waals surface area contributed by atoms with Crippen molar-refractivity contribution in [1.29, 1.82) is 0 Å². The van der Waals surface area contributed by atoms with Crippen molar-refractivity contribution in [3.05, 3.63) is 15.6 Å². The Balaban J connectivity index is 0.000000845. The van der Waals surface area contributed by atoms with Gasteiger partial charge in [-0.15, -0.1) is 23.7 Å². The second-order valence-electron chi connectivity index (χ2n) is 3.34. The van der Waals surface area contributed by atoms with Crippen LogP contribution in [0, 0.1) is 13.8 Å². The highest BCUT2D eigenvalue weighted by atomic mass is 35.5. The first-order chi connectivity index (χ1) is 5.77. The van der Waals surface area contributed by atoms with Crippen LogP contribution in [0.5, 0.6) is 0 Å². The summed E-state index contributed by atoms with van der Waals surface area (Å²) in [7, 11) is 0. The van der Waals surface area contributed by atoms with E-state index in [2.05, 4.69) is 24.1 Å². The Bertz CT molecular complexity index is 260. The molecule has 0 bridgehead atoms. The first-order valence-corrected chi connectivity index (χ1v) is 5.26. The molecule has 0 amide bonds. The lowest BCUT2D eigenvalue weighted by molar-refractivity contribution is 0.641. The minimum Gasteiger partial charge on any atom is -0.308 e. The molecule has 1 aromatic heterocycles. The van der Waals surface area contributed by atoms with Crippen molar-refractivity contribution in [1.82, 2.24) is 10.3 Å². The van der Waals surface area contributed by atoms with Crippen LogP contribution in [-0.4, -0.2) is 11.5 Å². The molecule has 0 aromatic carbocycles. The summed E-state index contributed by atoms with van der Waals surface area (Å²) in [5, 5.41) is 4.74. The number of aryl methyl sites for hydroxylation is 2. The number of aromatic nitrogens is 1. The van der Waals surface area contributed by atoms with E-state index in [1.807, 2.05) is 11.3 Å². The van der Waals surface area contributed by atoms with Gasteiger partial charge < -0.3 is 5.32 Å². The molecular formula is C9H15ClN2S. The van der Waals surface area contributed by atoms with Gasteiger partial charge in [-0.05, 0) is 33.2 Å². The van der Waals surface area contributed by atoms with Gasteiger partial charge in [0.05, 0.1) is 11.7 Å². The van der Waals surface area contributed by atoms with Crippen LogP contribution in [0.15, 0.2) is 0 Å². The smallest absolute Gasteiger partial charge is 0.110 e. The Morgan fingerprint density at radius 2 is 2.23 bits per heavy atom. The van der Waals surface area contributed by atoms with E-state index in [4.69, 9.17) is 0 Å². The topological polar surface area (TPSA) is 24.9 Å². The van der Waals surface area contributed by atoms with Crippen molar-refractivity contribution in [3.63, 3.8) is 0 Å². The van der Waals surface area contributed by atoms with Crippen LogP contribution in [0.1, 0.15) is 34.5 Å². The van der Waals surface area contributed by atoms with Gasteiger partial charge in [0.2, 0.25) is 0 Å². The average Bonchev–Trinajstić information content (AvgIpc) is 2.61. The maximum Gasteiger partial charge on any atom is 0.110 e. The summed E-state index contributed by atoms with van der Waals surface area (Å²) in [6.07, 6.45) is 2.55. The zero-order chi connectivity index (χ0) is 8.55. The molecule has 1 N–H and O–H groups in total. The van der Waals surface area contributed by atoms with Crippen LogP contribution in [0.2, 0.25) is 0 Å². The van der Waals surface area contributed by atoms with Gasteiger partial charge in [0.1, 0.15) is 5.01 Å². The maximum absolute atomic E-state index is 4.55. The average molecular weight is 219 g/mol. The summed E-state index contributed by atoms with van der Waals surface area (Å²) in [5.74, 6) is 0. The quantitative estimate of drug-likeness (QED) is 0.784. The normalized spacial score (nSPS) is 21.5. The molecule has 13 heavy (non-hydrogen) atoms. The molecule has 1 aromatic rings. The van der Waals surface area contributed by atoms with Gasteiger partial charge in [-0.25, -0.2) is 4.98 Å². The standard InChI is InChI=1S/C9H14N2S.ClH/c1-6-7(2)12-9(11-6)8-4-3-5-10-8;/h8,10H,3-5H2,1-2H3;1H. The van der Waals surface area contributed by atoms with E-state index < -0.39 is 0 Å². The molecule has 74 valence electrons. The lowest BCUT2D eigenvalue weighted by Gasteiger charge is -2.03. The molecule has 1 aliphatic rings. The number of halogens is 1. The van der Waals surface area contributed by atoms with Crippen molar-refractivity contribution in [3.8, 4) is 0 Å². The first-order valence-electron chi connectivity index (χ1n) is 4.44. The van der Waals surface area contributed by atoms with Crippen LogP contribution in [0.3, 0.4) is 0 Å². The van der Waals surface area contributed by atoms with E-state index >= 15 is 0 Å². The fourth-order valence-electron chi connectivity index (χ4n) is 1.54. The molecule has 1 atom stereocenters. The number of hydrogen-bond donors (Lipinski definition) is 1. The highest BCUT2D eigenvalue weighted by molar-refractivity contribution is 7.11. The van der Waals surface area contributed by atoms with Crippen LogP contribution in [-0.2, 0) is 0 Å². The molecule has 0 aliphatic carbocycles. The molecule has 1 saturated heterocycles. The molecule has 1 aliphatic heterocycles. The molecule has 1 unspecified atom stereocenters. The molecule has 0 saturated carbocycles. The molecule has 4 heteroatoms. The summed E-state index contributed by atoms with van der Waals surface area (Å²) >= 11 is 1.84. The van der Waals surface area contributed by atoms with Crippen molar-refractivity contribution in [2.24, 2.45) is 0 Å². The van der Waals surface area contributed by atoms with Crippen LogP contribution >= 0.6 is 23.7 Å². The van der Waals surface area contributed by atoms with Gasteiger partial charge >= 0.3 is 0 Å². The van der Waals surface area contributed by atoms with Crippen molar-refractivity contribution in [2.45, 2.75) is 32.7 Å². The first kappa shape index (κ1) is 11.0. The van der Waals surface area contributed by atoms with E-state index in [0.29, 0.717) is 6.04 Å². The van der Waals surface area contributed by atoms with E-state index in [0.717, 1.165) is 6.54 Å².